The van der Waals surface area contributed by atoms with Crippen molar-refractivity contribution in [2.45, 2.75) is 4.21 Å². The maximum absolute atomic E-state index is 13.2. The van der Waals surface area contributed by atoms with E-state index in [2.05, 4.69) is 10.0 Å². The van der Waals surface area contributed by atoms with Gasteiger partial charge in [0.05, 0.1) is 4.34 Å². The molecular weight excluding hydrogens is 371 g/mol. The van der Waals surface area contributed by atoms with Crippen molar-refractivity contribution in [2.24, 2.45) is 0 Å². The molecule has 124 valence electrons. The van der Waals surface area contributed by atoms with Crippen molar-refractivity contribution >= 4 is 50.0 Å². The average Bonchev–Trinajstić information content (AvgIpc) is 2.97. The number of thiophene rings is 1. The van der Waals surface area contributed by atoms with Crippen molar-refractivity contribution in [3.05, 3.63) is 70.8 Å². The van der Waals surface area contributed by atoms with Crippen LogP contribution in [-0.4, -0.2) is 8.42 Å². The Morgan fingerprint density at radius 3 is 2.25 bits per heavy atom. The smallest absolute Gasteiger partial charge is 0.271 e. The van der Waals surface area contributed by atoms with Crippen LogP contribution in [0.25, 0.3) is 0 Å². The Hall–Kier alpha value is -2.09. The van der Waals surface area contributed by atoms with Gasteiger partial charge >= 0.3 is 0 Å². The van der Waals surface area contributed by atoms with Crippen LogP contribution in [0.5, 0.6) is 0 Å². The molecule has 0 atom stereocenters. The van der Waals surface area contributed by atoms with Crippen LogP contribution in [0.1, 0.15) is 0 Å². The van der Waals surface area contributed by atoms with Crippen molar-refractivity contribution in [1.29, 1.82) is 0 Å². The molecule has 4 nitrogen and oxygen atoms in total. The molecule has 2 aromatic carbocycles. The number of hydrogen-bond acceptors (Lipinski definition) is 4. The monoisotopic (exact) mass is 382 g/mol. The first kappa shape index (κ1) is 16.8. The van der Waals surface area contributed by atoms with Crippen LogP contribution in [0, 0.1) is 5.82 Å². The van der Waals surface area contributed by atoms with E-state index in [1.165, 1.54) is 24.3 Å². The molecular formula is C16H12ClFN2O2S2. The maximum Gasteiger partial charge on any atom is 0.271 e. The third-order valence-electron chi connectivity index (χ3n) is 3.06. The highest BCUT2D eigenvalue weighted by atomic mass is 35.5. The maximum atomic E-state index is 13.2. The molecule has 3 rings (SSSR count). The Labute approximate surface area is 148 Å². The first-order chi connectivity index (χ1) is 11.4. The second-order valence-corrected chi connectivity index (χ2v) is 8.50. The average molecular weight is 383 g/mol. The van der Waals surface area contributed by atoms with E-state index >= 15 is 0 Å². The Bertz CT molecular complexity index is 956. The molecule has 1 heterocycles. The van der Waals surface area contributed by atoms with E-state index < -0.39 is 10.0 Å². The molecule has 2 N–H and O–H groups in total. The lowest BCUT2D eigenvalue weighted by Gasteiger charge is -2.09. The van der Waals surface area contributed by atoms with Crippen LogP contribution >= 0.6 is 22.9 Å². The molecule has 0 radical (unpaired) electrons. The molecule has 1 aromatic heterocycles. The van der Waals surface area contributed by atoms with Crippen LogP contribution < -0.4 is 10.0 Å². The fourth-order valence-corrected chi connectivity index (χ4v) is 4.54. The summed E-state index contributed by atoms with van der Waals surface area (Å²) in [5, 5.41) is 3.04. The van der Waals surface area contributed by atoms with Crippen molar-refractivity contribution in [3.63, 3.8) is 0 Å². The van der Waals surface area contributed by atoms with Crippen LogP contribution in [0.2, 0.25) is 4.34 Å². The summed E-state index contributed by atoms with van der Waals surface area (Å²) in [4.78, 5) is 0. The van der Waals surface area contributed by atoms with E-state index in [1.54, 1.807) is 36.4 Å². The van der Waals surface area contributed by atoms with Crippen LogP contribution in [-0.2, 0) is 10.0 Å². The van der Waals surface area contributed by atoms with E-state index in [1.807, 2.05) is 0 Å². The molecule has 0 aliphatic carbocycles. The Kier molecular flexibility index (Phi) is 4.75. The third-order valence-corrected chi connectivity index (χ3v) is 6.17. The molecule has 0 spiro atoms. The molecule has 3 aromatic rings. The van der Waals surface area contributed by atoms with Crippen molar-refractivity contribution in [3.8, 4) is 0 Å². The summed E-state index contributed by atoms with van der Waals surface area (Å²) in [6, 6.07) is 15.7. The lowest BCUT2D eigenvalue weighted by molar-refractivity contribution is 0.603. The van der Waals surface area contributed by atoms with Gasteiger partial charge in [0.15, 0.2) is 0 Å². The Morgan fingerprint density at radius 2 is 1.62 bits per heavy atom. The lowest BCUT2D eigenvalue weighted by Crippen LogP contribution is -2.11. The van der Waals surface area contributed by atoms with E-state index in [-0.39, 0.29) is 10.0 Å². The van der Waals surface area contributed by atoms with Gasteiger partial charge < -0.3 is 5.32 Å². The highest BCUT2D eigenvalue weighted by Crippen LogP contribution is 2.27. The standard InChI is InChI=1S/C16H12ClFN2O2S2/c17-15-8-9-16(23-15)24(21,22)20-13-6-4-12(5-7-13)19-14-3-1-2-11(18)10-14/h1-10,19-20H. The number of rotatable bonds is 5. The molecule has 0 aliphatic heterocycles. The number of anilines is 3. The fraction of sp³-hybridized carbons (Fsp3) is 0. The van der Waals surface area contributed by atoms with Gasteiger partial charge in [-0.2, -0.15) is 0 Å². The van der Waals surface area contributed by atoms with E-state index in [0.29, 0.717) is 21.4 Å². The fourth-order valence-electron chi connectivity index (χ4n) is 2.00. The molecule has 0 amide bonds. The summed E-state index contributed by atoms with van der Waals surface area (Å²) in [5.41, 5.74) is 1.74. The zero-order valence-corrected chi connectivity index (χ0v) is 14.6. The Balaban J connectivity index is 1.73. The van der Waals surface area contributed by atoms with Gasteiger partial charge in [0, 0.05) is 17.1 Å². The molecule has 24 heavy (non-hydrogen) atoms. The first-order valence-corrected chi connectivity index (χ1v) is 9.51. The van der Waals surface area contributed by atoms with Crippen LogP contribution in [0.15, 0.2) is 64.9 Å². The number of sulfonamides is 1. The zero-order chi connectivity index (χ0) is 17.2. The van der Waals surface area contributed by atoms with Crippen LogP contribution in [0.3, 0.4) is 0 Å². The minimum absolute atomic E-state index is 0.148. The summed E-state index contributed by atoms with van der Waals surface area (Å²) >= 11 is 6.76. The molecule has 0 aliphatic rings. The van der Waals surface area contributed by atoms with Gasteiger partial charge in [0.2, 0.25) is 0 Å². The van der Waals surface area contributed by atoms with E-state index in [9.17, 15) is 12.8 Å². The first-order valence-electron chi connectivity index (χ1n) is 6.83. The summed E-state index contributed by atoms with van der Waals surface area (Å²) in [6.07, 6.45) is 0. The molecule has 0 saturated carbocycles. The minimum atomic E-state index is -3.66. The van der Waals surface area contributed by atoms with Crippen molar-refractivity contribution in [2.75, 3.05) is 10.0 Å². The number of halogens is 2. The van der Waals surface area contributed by atoms with E-state index in [0.717, 1.165) is 11.3 Å². The topological polar surface area (TPSA) is 58.2 Å². The van der Waals surface area contributed by atoms with Gasteiger partial charge in [-0.25, -0.2) is 12.8 Å². The highest BCUT2D eigenvalue weighted by Gasteiger charge is 2.16. The zero-order valence-electron chi connectivity index (χ0n) is 12.2. The predicted octanol–water partition coefficient (Wildman–Crippen LogP) is 5.09. The van der Waals surface area contributed by atoms with Crippen LogP contribution in [0.4, 0.5) is 21.5 Å². The second kappa shape index (κ2) is 6.80. The van der Waals surface area contributed by atoms with Gasteiger partial charge in [-0.3, -0.25) is 4.72 Å². The van der Waals surface area contributed by atoms with Crippen molar-refractivity contribution in [1.82, 2.24) is 0 Å². The Morgan fingerprint density at radius 1 is 0.917 bits per heavy atom. The number of nitrogens with one attached hydrogen (secondary N) is 2. The third kappa shape index (κ3) is 4.05. The summed E-state index contributed by atoms with van der Waals surface area (Å²) < 4.78 is 40.6. The molecule has 0 unspecified atom stereocenters. The largest absolute Gasteiger partial charge is 0.355 e. The quantitative estimate of drug-likeness (QED) is 0.646. The molecule has 0 saturated heterocycles. The minimum Gasteiger partial charge on any atom is -0.355 e. The summed E-state index contributed by atoms with van der Waals surface area (Å²) in [5.74, 6) is -0.334. The van der Waals surface area contributed by atoms with E-state index in [4.69, 9.17) is 11.6 Å². The molecule has 0 bridgehead atoms. The summed E-state index contributed by atoms with van der Waals surface area (Å²) in [6.45, 7) is 0. The normalized spacial score (nSPS) is 11.2. The van der Waals surface area contributed by atoms with Gasteiger partial charge in [-0.15, -0.1) is 11.3 Å². The number of hydrogen-bond donors (Lipinski definition) is 2. The highest BCUT2D eigenvalue weighted by molar-refractivity contribution is 7.94. The number of benzene rings is 2. The van der Waals surface area contributed by atoms with Crippen molar-refractivity contribution < 1.29 is 12.8 Å². The molecule has 8 heteroatoms. The van der Waals surface area contributed by atoms with Gasteiger partial charge in [0.25, 0.3) is 10.0 Å². The van der Waals surface area contributed by atoms with Gasteiger partial charge in [-0.1, -0.05) is 17.7 Å². The van der Waals surface area contributed by atoms with Gasteiger partial charge in [0.1, 0.15) is 10.0 Å². The SMILES string of the molecule is O=S(=O)(Nc1ccc(Nc2cccc(F)c2)cc1)c1ccc(Cl)s1. The molecule has 0 fully saturated rings. The lowest BCUT2D eigenvalue weighted by atomic mass is 10.2. The second-order valence-electron chi connectivity index (χ2n) is 4.88. The summed E-state index contributed by atoms with van der Waals surface area (Å²) in [7, 11) is -3.66. The predicted molar refractivity (Wildman–Crippen MR) is 96.3 cm³/mol. The van der Waals surface area contributed by atoms with Gasteiger partial charge in [-0.05, 0) is 54.6 Å².